The summed E-state index contributed by atoms with van der Waals surface area (Å²) >= 11 is 1.91. The zero-order chi connectivity index (χ0) is 37.9. The van der Waals surface area contributed by atoms with Crippen LogP contribution in [-0.2, 0) is 0 Å². The molecule has 3 heteroatoms. The van der Waals surface area contributed by atoms with Gasteiger partial charge >= 0.3 is 0 Å². The van der Waals surface area contributed by atoms with Gasteiger partial charge in [-0.25, -0.2) is 0 Å². The lowest BCUT2D eigenvalue weighted by molar-refractivity contribution is 0.507. The molecule has 0 spiro atoms. The topological polar surface area (TPSA) is 8.17 Å². The van der Waals surface area contributed by atoms with E-state index in [9.17, 15) is 0 Å². The summed E-state index contributed by atoms with van der Waals surface area (Å²) in [5.74, 6) is 0. The van der Waals surface area contributed by atoms with Gasteiger partial charge in [0.05, 0.1) is 22.3 Å². The van der Waals surface area contributed by atoms with Crippen LogP contribution in [-0.4, -0.2) is 10.1 Å². The predicted molar refractivity (Wildman–Crippen MR) is 244 cm³/mol. The van der Waals surface area contributed by atoms with E-state index in [0.29, 0.717) is 0 Å². The number of para-hydroxylation sites is 1. The van der Waals surface area contributed by atoms with E-state index in [1.54, 1.807) is 0 Å². The van der Waals surface area contributed by atoms with Gasteiger partial charge in [0.15, 0.2) is 0 Å². The number of rotatable bonds is 4. The van der Waals surface area contributed by atoms with Crippen molar-refractivity contribution in [1.29, 1.82) is 0 Å². The average Bonchev–Trinajstić information content (AvgIpc) is 3.88. The Morgan fingerprint density at radius 2 is 1.42 bits per heavy atom. The molecule has 2 unspecified atom stereocenters. The Bertz CT molecular complexity index is 3210. The number of hydrogen-bond donors (Lipinski definition) is 0. The molecule has 1 aliphatic heterocycles. The second kappa shape index (κ2) is 12.0. The molecule has 0 saturated carbocycles. The monoisotopic (exact) mass is 748 g/mol. The van der Waals surface area contributed by atoms with Crippen LogP contribution in [0.1, 0.15) is 37.8 Å². The lowest BCUT2D eigenvalue weighted by Gasteiger charge is -2.44. The standard InChI is InChI=1S/C54H40N2S/c1-53-29-11-10-20-44(53)48(22-13-30-53)56-52-41(25-27-50-51(52)42-19-7-9-23-49(42)57-50)45-34-38(28-31-54(45,56)2)37-24-26-47-43(33-37)40-18-6-8-21-46(40)55(47)39-17-12-16-36(32-39)35-14-4-3-5-15-35/h3-29,32-34H,30-31H2,1-2H3. The van der Waals surface area contributed by atoms with Crippen molar-refractivity contribution in [2.75, 3.05) is 4.90 Å². The first kappa shape index (κ1) is 32.8. The molecule has 272 valence electrons. The summed E-state index contributed by atoms with van der Waals surface area (Å²) in [4.78, 5) is 2.73. The van der Waals surface area contributed by atoms with E-state index in [4.69, 9.17) is 0 Å². The van der Waals surface area contributed by atoms with E-state index in [1.807, 2.05) is 11.3 Å². The van der Waals surface area contributed by atoms with Gasteiger partial charge in [-0.3, -0.25) is 0 Å². The molecule has 3 aliphatic carbocycles. The van der Waals surface area contributed by atoms with Crippen molar-refractivity contribution >= 4 is 70.1 Å². The highest BCUT2D eigenvalue weighted by Gasteiger charge is 2.49. The minimum Gasteiger partial charge on any atom is -0.330 e. The molecule has 0 fully saturated rings. The fourth-order valence-electron chi connectivity index (χ4n) is 10.3. The van der Waals surface area contributed by atoms with E-state index in [1.165, 1.54) is 98.0 Å². The quantitative estimate of drug-likeness (QED) is 0.174. The molecule has 12 rings (SSSR count). The second-order valence-electron chi connectivity index (χ2n) is 16.5. The number of fused-ring (bicyclic) bond motifs is 11. The molecule has 2 nitrogen and oxygen atoms in total. The maximum atomic E-state index is 2.73. The molecule has 4 aliphatic rings. The highest BCUT2D eigenvalue weighted by atomic mass is 32.1. The minimum absolute atomic E-state index is 0.0282. The zero-order valence-corrected chi connectivity index (χ0v) is 32.9. The summed E-state index contributed by atoms with van der Waals surface area (Å²) < 4.78 is 5.12. The van der Waals surface area contributed by atoms with Gasteiger partial charge in [0, 0.05) is 53.3 Å². The highest BCUT2D eigenvalue weighted by Crippen LogP contribution is 2.59. The number of nitrogens with zero attached hydrogens (tertiary/aromatic N) is 2. The fraction of sp³-hybridized carbons (Fsp3) is 0.111. The number of allylic oxidation sites excluding steroid dienone is 9. The van der Waals surface area contributed by atoms with E-state index in [0.717, 1.165) is 12.8 Å². The molecule has 3 heterocycles. The second-order valence-corrected chi connectivity index (χ2v) is 17.6. The normalized spacial score (nSPS) is 21.1. The number of hydrogen-bond acceptors (Lipinski definition) is 2. The molecule has 6 aromatic carbocycles. The maximum absolute atomic E-state index is 2.73. The SMILES string of the molecule is CC12C=CC=CC1=C(N1c3c(ccc4sc5ccccc5c34)C3=CC(c4ccc5c(c4)c4ccccc4n5-c4cccc(-c5ccccc5)c4)=CCC31C)C=CC2. The van der Waals surface area contributed by atoms with Crippen molar-refractivity contribution in [3.8, 4) is 16.8 Å². The van der Waals surface area contributed by atoms with Crippen LogP contribution < -0.4 is 4.90 Å². The summed E-state index contributed by atoms with van der Waals surface area (Å²) in [7, 11) is 0. The number of aromatic nitrogens is 1. The van der Waals surface area contributed by atoms with Crippen LogP contribution in [0.4, 0.5) is 5.69 Å². The lowest BCUT2D eigenvalue weighted by atomic mass is 9.72. The predicted octanol–water partition coefficient (Wildman–Crippen LogP) is 14.6. The van der Waals surface area contributed by atoms with Gasteiger partial charge in [0.1, 0.15) is 0 Å². The summed E-state index contributed by atoms with van der Waals surface area (Å²) in [5.41, 5.74) is 15.1. The smallest absolute Gasteiger partial charge is 0.0716 e. The molecular weight excluding hydrogens is 709 g/mol. The maximum Gasteiger partial charge on any atom is 0.0716 e. The third-order valence-electron chi connectivity index (χ3n) is 13.1. The van der Waals surface area contributed by atoms with Gasteiger partial charge in [0.25, 0.3) is 0 Å². The Morgan fingerprint density at radius 3 is 2.33 bits per heavy atom. The Labute approximate surface area is 337 Å². The first-order chi connectivity index (χ1) is 28.0. The summed E-state index contributed by atoms with van der Waals surface area (Å²) in [6.45, 7) is 4.87. The van der Waals surface area contributed by atoms with E-state index in [-0.39, 0.29) is 11.0 Å². The van der Waals surface area contributed by atoms with E-state index >= 15 is 0 Å². The Kier molecular flexibility index (Phi) is 6.93. The van der Waals surface area contributed by atoms with Crippen molar-refractivity contribution in [1.82, 2.24) is 4.57 Å². The van der Waals surface area contributed by atoms with Crippen LogP contribution in [0, 0.1) is 5.41 Å². The zero-order valence-electron chi connectivity index (χ0n) is 32.0. The van der Waals surface area contributed by atoms with Gasteiger partial charge in [-0.05, 0) is 108 Å². The molecule has 57 heavy (non-hydrogen) atoms. The number of anilines is 1. The molecule has 8 aromatic rings. The number of benzene rings is 6. The Hall–Kier alpha value is -6.42. The van der Waals surface area contributed by atoms with Gasteiger partial charge in [-0.15, -0.1) is 11.3 Å². The van der Waals surface area contributed by atoms with Gasteiger partial charge in [-0.2, -0.15) is 0 Å². The summed E-state index contributed by atoms with van der Waals surface area (Å²) in [5, 5.41) is 5.27. The van der Waals surface area contributed by atoms with Gasteiger partial charge in [0.2, 0.25) is 0 Å². The van der Waals surface area contributed by atoms with Crippen LogP contribution in [0.25, 0.3) is 69.9 Å². The first-order valence-electron chi connectivity index (χ1n) is 20.1. The van der Waals surface area contributed by atoms with Gasteiger partial charge in [-0.1, -0.05) is 134 Å². The molecule has 0 N–H and O–H groups in total. The van der Waals surface area contributed by atoms with Crippen molar-refractivity contribution in [2.45, 2.75) is 32.2 Å². The minimum atomic E-state index is -0.257. The summed E-state index contributed by atoms with van der Waals surface area (Å²) in [6.07, 6.45) is 20.9. The highest BCUT2D eigenvalue weighted by molar-refractivity contribution is 7.26. The lowest BCUT2D eigenvalue weighted by Crippen LogP contribution is -2.44. The fourth-order valence-corrected chi connectivity index (χ4v) is 11.4. The van der Waals surface area contributed by atoms with Crippen LogP contribution in [0.15, 0.2) is 193 Å². The Morgan fingerprint density at radius 1 is 0.614 bits per heavy atom. The molecule has 0 amide bonds. The molecule has 0 saturated heterocycles. The first-order valence-corrected chi connectivity index (χ1v) is 20.9. The van der Waals surface area contributed by atoms with Crippen molar-refractivity contribution in [3.05, 3.63) is 204 Å². The van der Waals surface area contributed by atoms with Crippen LogP contribution in [0.5, 0.6) is 0 Å². The third-order valence-corrected chi connectivity index (χ3v) is 14.3. The molecule has 2 aromatic heterocycles. The van der Waals surface area contributed by atoms with Crippen LogP contribution in [0.3, 0.4) is 0 Å². The van der Waals surface area contributed by atoms with Crippen molar-refractivity contribution in [3.63, 3.8) is 0 Å². The van der Waals surface area contributed by atoms with Crippen LogP contribution >= 0.6 is 11.3 Å². The molecule has 0 radical (unpaired) electrons. The van der Waals surface area contributed by atoms with Crippen molar-refractivity contribution in [2.24, 2.45) is 5.41 Å². The van der Waals surface area contributed by atoms with Gasteiger partial charge < -0.3 is 9.47 Å². The molecule has 0 bridgehead atoms. The summed E-state index contributed by atoms with van der Waals surface area (Å²) in [6, 6.07) is 49.3. The van der Waals surface area contributed by atoms with Crippen LogP contribution in [0.2, 0.25) is 0 Å². The van der Waals surface area contributed by atoms with Crippen molar-refractivity contribution < 1.29 is 0 Å². The number of thiophene rings is 1. The van der Waals surface area contributed by atoms with E-state index in [2.05, 4.69) is 205 Å². The Balaban J connectivity index is 1.04. The largest absolute Gasteiger partial charge is 0.330 e. The molecule has 2 atom stereocenters. The van der Waals surface area contributed by atoms with E-state index < -0.39 is 0 Å². The molecular formula is C54H40N2S. The third kappa shape index (κ3) is 4.70. The average molecular weight is 749 g/mol.